The van der Waals surface area contributed by atoms with E-state index < -0.39 is 0 Å². The van der Waals surface area contributed by atoms with Gasteiger partial charge < -0.3 is 0 Å². The molecule has 0 saturated carbocycles. The van der Waals surface area contributed by atoms with Crippen molar-refractivity contribution in [1.82, 2.24) is 4.37 Å². The van der Waals surface area contributed by atoms with E-state index in [0.29, 0.717) is 5.69 Å². The van der Waals surface area contributed by atoms with Crippen molar-refractivity contribution in [2.45, 2.75) is 0 Å². The van der Waals surface area contributed by atoms with E-state index in [-0.39, 0.29) is 0 Å². The molecule has 0 aromatic carbocycles. The van der Waals surface area contributed by atoms with Crippen LogP contribution in [0, 0.1) is 0 Å². The summed E-state index contributed by atoms with van der Waals surface area (Å²) in [6.45, 7) is 0. The van der Waals surface area contributed by atoms with Crippen molar-refractivity contribution in [2.75, 3.05) is 0 Å². The standard InChI is InChI=1S/C4H2BrNOS/c5-3-2-8-6-4(3)1-7/h1-2H. The monoisotopic (exact) mass is 191 g/mol. The minimum atomic E-state index is 0.481. The van der Waals surface area contributed by atoms with E-state index in [1.54, 1.807) is 5.38 Å². The van der Waals surface area contributed by atoms with Crippen LogP contribution in [-0.4, -0.2) is 10.7 Å². The molecular weight excluding hydrogens is 190 g/mol. The average Bonchev–Trinajstić information content (AvgIpc) is 2.14. The van der Waals surface area contributed by atoms with Gasteiger partial charge in [-0.25, -0.2) is 0 Å². The molecule has 1 aromatic rings. The number of halogens is 1. The molecule has 1 rings (SSSR count). The van der Waals surface area contributed by atoms with Gasteiger partial charge in [-0.05, 0) is 27.5 Å². The summed E-state index contributed by atoms with van der Waals surface area (Å²) in [6.07, 6.45) is 0.723. The number of hydrogen-bond donors (Lipinski definition) is 0. The van der Waals surface area contributed by atoms with Crippen LogP contribution in [0.5, 0.6) is 0 Å². The third-order valence-electron chi connectivity index (χ3n) is 0.664. The van der Waals surface area contributed by atoms with Gasteiger partial charge in [-0.2, -0.15) is 4.37 Å². The van der Waals surface area contributed by atoms with Crippen LogP contribution >= 0.6 is 27.5 Å². The van der Waals surface area contributed by atoms with Gasteiger partial charge in [0.2, 0.25) is 0 Å². The highest BCUT2D eigenvalue weighted by molar-refractivity contribution is 9.10. The van der Waals surface area contributed by atoms with Gasteiger partial charge in [0.1, 0.15) is 5.69 Å². The minimum absolute atomic E-state index is 0.481. The Kier molecular flexibility index (Phi) is 1.75. The Morgan fingerprint density at radius 1 is 1.88 bits per heavy atom. The normalized spacial score (nSPS) is 9.12. The van der Waals surface area contributed by atoms with E-state index in [2.05, 4.69) is 20.3 Å². The predicted molar refractivity (Wildman–Crippen MR) is 35.2 cm³/mol. The van der Waals surface area contributed by atoms with Crippen LogP contribution in [0.1, 0.15) is 10.5 Å². The molecule has 0 fully saturated rings. The quantitative estimate of drug-likeness (QED) is 0.634. The molecule has 0 unspecified atom stereocenters. The zero-order valence-corrected chi connectivity index (χ0v) is 6.20. The minimum Gasteiger partial charge on any atom is -0.296 e. The van der Waals surface area contributed by atoms with E-state index in [9.17, 15) is 4.79 Å². The summed E-state index contributed by atoms with van der Waals surface area (Å²) in [4.78, 5) is 10.0. The first-order valence-corrected chi connectivity index (χ1v) is 3.52. The molecule has 0 atom stereocenters. The molecule has 0 aliphatic heterocycles. The van der Waals surface area contributed by atoms with Gasteiger partial charge in [-0.15, -0.1) is 0 Å². The summed E-state index contributed by atoms with van der Waals surface area (Å²) in [5.74, 6) is 0. The average molecular weight is 192 g/mol. The molecule has 0 bridgehead atoms. The van der Waals surface area contributed by atoms with Crippen LogP contribution < -0.4 is 0 Å². The second kappa shape index (κ2) is 2.37. The van der Waals surface area contributed by atoms with E-state index in [0.717, 1.165) is 10.8 Å². The number of carbonyl (C=O) groups excluding carboxylic acids is 1. The van der Waals surface area contributed by atoms with Crippen LogP contribution in [-0.2, 0) is 0 Å². The second-order valence-corrected chi connectivity index (χ2v) is 2.65. The van der Waals surface area contributed by atoms with Crippen molar-refractivity contribution in [3.8, 4) is 0 Å². The fourth-order valence-electron chi connectivity index (χ4n) is 0.311. The largest absolute Gasteiger partial charge is 0.296 e. The molecule has 2 nitrogen and oxygen atoms in total. The zero-order valence-electron chi connectivity index (χ0n) is 3.80. The van der Waals surface area contributed by atoms with E-state index >= 15 is 0 Å². The first kappa shape index (κ1) is 5.91. The third kappa shape index (κ3) is 0.952. The molecule has 0 aliphatic rings. The lowest BCUT2D eigenvalue weighted by Gasteiger charge is -1.74. The Morgan fingerprint density at radius 2 is 2.62 bits per heavy atom. The Morgan fingerprint density at radius 3 is 2.88 bits per heavy atom. The van der Waals surface area contributed by atoms with Crippen molar-refractivity contribution in [3.63, 3.8) is 0 Å². The lowest BCUT2D eigenvalue weighted by molar-refractivity contribution is 0.111. The van der Waals surface area contributed by atoms with Crippen molar-refractivity contribution >= 4 is 33.7 Å². The molecular formula is C4H2BrNOS. The molecule has 1 heterocycles. The number of hydrogen-bond acceptors (Lipinski definition) is 3. The van der Waals surface area contributed by atoms with Crippen molar-refractivity contribution in [3.05, 3.63) is 15.5 Å². The van der Waals surface area contributed by atoms with Crippen LogP contribution in [0.4, 0.5) is 0 Å². The third-order valence-corrected chi connectivity index (χ3v) is 2.24. The summed E-state index contributed by atoms with van der Waals surface area (Å²) in [5, 5.41) is 1.77. The van der Waals surface area contributed by atoms with Gasteiger partial charge in [-0.3, -0.25) is 4.79 Å². The molecule has 4 heteroatoms. The number of rotatable bonds is 1. The van der Waals surface area contributed by atoms with Gasteiger partial charge in [0, 0.05) is 5.38 Å². The van der Waals surface area contributed by atoms with Gasteiger partial charge in [0.15, 0.2) is 6.29 Å². The van der Waals surface area contributed by atoms with Gasteiger partial charge in [0.25, 0.3) is 0 Å². The summed E-state index contributed by atoms with van der Waals surface area (Å²) in [7, 11) is 0. The summed E-state index contributed by atoms with van der Waals surface area (Å²) in [5.41, 5.74) is 0.481. The van der Waals surface area contributed by atoms with E-state index in [4.69, 9.17) is 0 Å². The molecule has 0 radical (unpaired) electrons. The summed E-state index contributed by atoms with van der Waals surface area (Å²) < 4.78 is 4.54. The molecule has 8 heavy (non-hydrogen) atoms. The van der Waals surface area contributed by atoms with Gasteiger partial charge in [-0.1, -0.05) is 0 Å². The predicted octanol–water partition coefficient (Wildman–Crippen LogP) is 1.72. The smallest absolute Gasteiger partial charge is 0.170 e. The lowest BCUT2D eigenvalue weighted by Crippen LogP contribution is -1.75. The van der Waals surface area contributed by atoms with Crippen LogP contribution in [0.2, 0.25) is 0 Å². The Hall–Kier alpha value is -0.220. The Balaban J connectivity index is 3.09. The number of nitrogens with zero attached hydrogens (tertiary/aromatic N) is 1. The highest BCUT2D eigenvalue weighted by Crippen LogP contribution is 2.14. The van der Waals surface area contributed by atoms with E-state index in [1.165, 1.54) is 11.5 Å². The SMILES string of the molecule is O=Cc1nscc1Br. The molecule has 0 spiro atoms. The van der Waals surface area contributed by atoms with Crippen LogP contribution in [0.25, 0.3) is 0 Å². The van der Waals surface area contributed by atoms with Crippen molar-refractivity contribution in [2.24, 2.45) is 0 Å². The van der Waals surface area contributed by atoms with E-state index in [1.807, 2.05) is 0 Å². The van der Waals surface area contributed by atoms with Gasteiger partial charge >= 0.3 is 0 Å². The number of aldehydes is 1. The number of aromatic nitrogens is 1. The first-order chi connectivity index (χ1) is 3.84. The molecule has 0 saturated heterocycles. The molecule has 0 aliphatic carbocycles. The summed E-state index contributed by atoms with van der Waals surface area (Å²) >= 11 is 4.41. The Labute approximate surface area is 58.8 Å². The number of carbonyl (C=O) groups is 1. The fourth-order valence-corrected chi connectivity index (χ4v) is 1.38. The van der Waals surface area contributed by atoms with Crippen LogP contribution in [0.3, 0.4) is 0 Å². The maximum absolute atomic E-state index is 10.0. The Bertz CT molecular complexity index is 198. The maximum Gasteiger partial charge on any atom is 0.170 e. The van der Waals surface area contributed by atoms with Gasteiger partial charge in [0.05, 0.1) is 4.47 Å². The second-order valence-electron chi connectivity index (χ2n) is 1.17. The van der Waals surface area contributed by atoms with Crippen LogP contribution in [0.15, 0.2) is 9.85 Å². The molecule has 42 valence electrons. The topological polar surface area (TPSA) is 30.0 Å². The van der Waals surface area contributed by atoms with Crippen molar-refractivity contribution < 1.29 is 4.79 Å². The summed E-state index contributed by atoms with van der Waals surface area (Å²) in [6, 6.07) is 0. The highest BCUT2D eigenvalue weighted by Gasteiger charge is 1.97. The lowest BCUT2D eigenvalue weighted by atomic mass is 10.5. The maximum atomic E-state index is 10.0. The molecule has 1 aromatic heterocycles. The van der Waals surface area contributed by atoms with Crippen molar-refractivity contribution in [1.29, 1.82) is 0 Å². The first-order valence-electron chi connectivity index (χ1n) is 1.89. The highest BCUT2D eigenvalue weighted by atomic mass is 79.9. The molecule has 0 N–H and O–H groups in total. The molecule has 0 amide bonds. The zero-order chi connectivity index (χ0) is 5.98. The fraction of sp³-hybridized carbons (Fsp3) is 0.